The highest BCUT2D eigenvalue weighted by Gasteiger charge is 2.38. The normalized spacial score (nSPS) is 14.1. The molecule has 0 aliphatic carbocycles. The predicted octanol–water partition coefficient (Wildman–Crippen LogP) is 3.84. The lowest BCUT2D eigenvalue weighted by molar-refractivity contribution is 0.251. The first kappa shape index (κ1) is 24.5. The smallest absolute Gasteiger partial charge is 0.335 e. The van der Waals surface area contributed by atoms with Gasteiger partial charge in [-0.15, -0.1) is 0 Å². The van der Waals surface area contributed by atoms with Crippen molar-refractivity contribution in [3.05, 3.63) is 65.5 Å². The first-order chi connectivity index (χ1) is 17.3. The molecular weight excluding hydrogens is 472 g/mol. The summed E-state index contributed by atoms with van der Waals surface area (Å²) in [7, 11) is 4.06. The number of hydrogen-bond donors (Lipinski definition) is 1. The van der Waals surface area contributed by atoms with E-state index in [0.717, 1.165) is 11.0 Å². The zero-order valence-electron chi connectivity index (χ0n) is 20.0. The van der Waals surface area contributed by atoms with Gasteiger partial charge in [-0.25, -0.2) is 23.5 Å². The number of allylic oxidation sites excluding steroid dienone is 2. The first-order valence-corrected chi connectivity index (χ1v) is 10.7. The number of fused-ring (bicyclic) bond motifs is 1. The third-order valence-corrected chi connectivity index (χ3v) is 5.51. The zero-order chi connectivity index (χ0) is 26.0. The van der Waals surface area contributed by atoms with E-state index in [1.54, 1.807) is 26.3 Å². The van der Waals surface area contributed by atoms with E-state index in [0.29, 0.717) is 28.2 Å². The largest absolute Gasteiger partial charge is 0.493 e. The van der Waals surface area contributed by atoms with Crippen LogP contribution in [0, 0.1) is 11.6 Å². The average Bonchev–Trinajstić information content (AvgIpc) is 2.88. The molecule has 4 rings (SSSR count). The highest BCUT2D eigenvalue weighted by atomic mass is 19.1. The summed E-state index contributed by atoms with van der Waals surface area (Å²) in [5.41, 5.74) is 7.77. The van der Waals surface area contributed by atoms with Crippen LogP contribution in [0.1, 0.15) is 18.2 Å². The molecule has 0 saturated carbocycles. The highest BCUT2D eigenvalue weighted by Crippen LogP contribution is 2.42. The molecule has 1 aliphatic heterocycles. The fourth-order valence-electron chi connectivity index (χ4n) is 3.82. The number of aliphatic imine (C=N–C) groups is 1. The molecule has 186 valence electrons. The number of benzene rings is 1. The summed E-state index contributed by atoms with van der Waals surface area (Å²) < 4.78 is 40.8. The van der Waals surface area contributed by atoms with Gasteiger partial charge in [0.2, 0.25) is 0 Å². The van der Waals surface area contributed by atoms with Crippen LogP contribution in [-0.4, -0.2) is 48.5 Å². The molecule has 0 bridgehead atoms. The Morgan fingerprint density at radius 2 is 1.81 bits per heavy atom. The van der Waals surface area contributed by atoms with Crippen molar-refractivity contribution in [1.82, 2.24) is 15.0 Å². The third kappa shape index (κ3) is 4.17. The first-order valence-electron chi connectivity index (χ1n) is 10.7. The lowest BCUT2D eigenvalue weighted by atomic mass is 10.1. The van der Waals surface area contributed by atoms with Crippen LogP contribution < -0.4 is 25.0 Å². The topological polar surface area (TPSA) is 119 Å². The van der Waals surface area contributed by atoms with E-state index in [-0.39, 0.29) is 23.9 Å². The Bertz CT molecular complexity index is 1350. The van der Waals surface area contributed by atoms with Gasteiger partial charge in [0.15, 0.2) is 29.0 Å². The number of urea groups is 1. The number of rotatable bonds is 6. The Labute approximate surface area is 205 Å². The van der Waals surface area contributed by atoms with E-state index in [9.17, 15) is 4.79 Å². The molecule has 1 aromatic carbocycles. The Balaban J connectivity index is 1.95. The van der Waals surface area contributed by atoms with Gasteiger partial charge in [-0.1, -0.05) is 0 Å². The summed E-state index contributed by atoms with van der Waals surface area (Å²) in [6.07, 6.45) is 7.27. The number of pyridine rings is 1. The van der Waals surface area contributed by atoms with E-state index in [4.69, 9.17) is 15.2 Å². The van der Waals surface area contributed by atoms with Crippen LogP contribution in [0.2, 0.25) is 0 Å². The number of nitrogens with zero attached hydrogens (tertiary/aromatic N) is 6. The summed E-state index contributed by atoms with van der Waals surface area (Å²) >= 11 is 0. The van der Waals surface area contributed by atoms with Gasteiger partial charge in [-0.2, -0.15) is 0 Å². The van der Waals surface area contributed by atoms with Crippen LogP contribution in [0.4, 0.5) is 30.8 Å². The molecule has 10 nitrogen and oxygen atoms in total. The Kier molecular flexibility index (Phi) is 6.77. The number of carbonyl (C=O) groups excluding carboxylic acids is 1. The molecule has 36 heavy (non-hydrogen) atoms. The minimum Gasteiger partial charge on any atom is -0.493 e. The summed E-state index contributed by atoms with van der Waals surface area (Å²) in [6.45, 7) is 1.51. The Hall–Kier alpha value is -4.61. The number of hydrogen-bond acceptors (Lipinski definition) is 8. The summed E-state index contributed by atoms with van der Waals surface area (Å²) in [6, 6.07) is 1.95. The zero-order valence-corrected chi connectivity index (χ0v) is 20.0. The van der Waals surface area contributed by atoms with Crippen molar-refractivity contribution in [2.24, 2.45) is 10.7 Å². The lowest BCUT2D eigenvalue weighted by Gasteiger charge is -2.36. The SMILES string of the molecule is CN=CC(=C(C)N)c1cc2c(cn1)CN(c1c(F)c(OC)cc(OC)c1F)C(=O)N2c1cnccn1. The molecule has 3 aromatic rings. The molecule has 1 aliphatic rings. The number of aromatic nitrogens is 3. The number of ether oxygens (including phenoxy) is 2. The lowest BCUT2D eigenvalue weighted by Crippen LogP contribution is -2.46. The second-order valence-corrected chi connectivity index (χ2v) is 7.71. The van der Waals surface area contributed by atoms with E-state index < -0.39 is 23.4 Å². The Morgan fingerprint density at radius 1 is 1.11 bits per heavy atom. The second kappa shape index (κ2) is 9.94. The summed E-state index contributed by atoms with van der Waals surface area (Å²) in [5, 5.41) is 0. The van der Waals surface area contributed by atoms with Crippen LogP contribution >= 0.6 is 0 Å². The van der Waals surface area contributed by atoms with Gasteiger partial charge < -0.3 is 15.2 Å². The average molecular weight is 495 g/mol. The van der Waals surface area contributed by atoms with Crippen molar-refractivity contribution in [2.45, 2.75) is 13.5 Å². The van der Waals surface area contributed by atoms with Crippen molar-refractivity contribution in [3.8, 4) is 11.5 Å². The van der Waals surface area contributed by atoms with Crippen molar-refractivity contribution in [2.75, 3.05) is 31.1 Å². The highest BCUT2D eigenvalue weighted by molar-refractivity contribution is 6.13. The number of amides is 2. The van der Waals surface area contributed by atoms with Crippen LogP contribution in [0.25, 0.3) is 5.57 Å². The predicted molar refractivity (Wildman–Crippen MR) is 131 cm³/mol. The van der Waals surface area contributed by atoms with Gasteiger partial charge in [0, 0.05) is 54.8 Å². The van der Waals surface area contributed by atoms with Crippen molar-refractivity contribution in [3.63, 3.8) is 0 Å². The van der Waals surface area contributed by atoms with Gasteiger partial charge in [-0.3, -0.25) is 19.9 Å². The van der Waals surface area contributed by atoms with Gasteiger partial charge in [0.25, 0.3) is 0 Å². The fraction of sp³-hybridized carbons (Fsp3) is 0.208. The molecule has 0 radical (unpaired) electrons. The molecule has 2 N–H and O–H groups in total. The van der Waals surface area contributed by atoms with Crippen molar-refractivity contribution >= 4 is 35.0 Å². The van der Waals surface area contributed by atoms with E-state index >= 15 is 8.78 Å². The van der Waals surface area contributed by atoms with Crippen LogP contribution in [-0.2, 0) is 6.54 Å². The van der Waals surface area contributed by atoms with E-state index in [2.05, 4.69) is 19.9 Å². The van der Waals surface area contributed by atoms with Crippen molar-refractivity contribution < 1.29 is 23.0 Å². The maximum atomic E-state index is 15.3. The standard InChI is InChI=1S/C24H23F2N7O3/c1-13(27)15(10-28-2)16-7-17-14(9-31-16)12-32(24(34)33(17)20-11-29-5-6-30-20)23-21(25)18(35-3)8-19(36-4)22(23)26/h5-11H,12,27H2,1-4H3. The van der Waals surface area contributed by atoms with E-state index in [1.807, 2.05) is 0 Å². The molecule has 0 fully saturated rings. The third-order valence-electron chi connectivity index (χ3n) is 5.51. The second-order valence-electron chi connectivity index (χ2n) is 7.71. The Morgan fingerprint density at radius 3 is 2.36 bits per heavy atom. The molecule has 2 aromatic heterocycles. The number of anilines is 3. The molecule has 0 spiro atoms. The monoisotopic (exact) mass is 495 g/mol. The van der Waals surface area contributed by atoms with Crippen LogP contribution in [0.5, 0.6) is 11.5 Å². The maximum absolute atomic E-state index is 15.3. The number of nitrogens with two attached hydrogens (primary N) is 1. The molecular formula is C24H23F2N7O3. The van der Waals surface area contributed by atoms with E-state index in [1.165, 1.54) is 43.9 Å². The number of methoxy groups -OCH3 is 2. The van der Waals surface area contributed by atoms with Gasteiger partial charge in [0.1, 0.15) is 5.69 Å². The molecule has 0 atom stereocenters. The number of halogens is 2. The van der Waals surface area contributed by atoms with Gasteiger partial charge >= 0.3 is 6.03 Å². The maximum Gasteiger partial charge on any atom is 0.335 e. The number of carbonyl (C=O) groups is 1. The molecule has 2 amide bonds. The van der Waals surface area contributed by atoms with Crippen LogP contribution in [0.3, 0.4) is 0 Å². The molecule has 12 heteroatoms. The quantitative estimate of drug-likeness (QED) is 0.516. The summed E-state index contributed by atoms with van der Waals surface area (Å²) in [5.74, 6) is -2.54. The van der Waals surface area contributed by atoms with Gasteiger partial charge in [0.05, 0.1) is 38.3 Å². The minimum absolute atomic E-state index is 0.139. The molecule has 0 unspecified atom stereocenters. The summed E-state index contributed by atoms with van der Waals surface area (Å²) in [4.78, 5) is 32.7. The fourth-order valence-corrected chi connectivity index (χ4v) is 3.82. The molecule has 0 saturated heterocycles. The minimum atomic E-state index is -1.06. The van der Waals surface area contributed by atoms with Crippen molar-refractivity contribution in [1.29, 1.82) is 0 Å². The molecule has 3 heterocycles. The van der Waals surface area contributed by atoms with Gasteiger partial charge in [-0.05, 0) is 13.0 Å². The van der Waals surface area contributed by atoms with Crippen LogP contribution in [0.15, 0.2) is 47.6 Å².